The fraction of sp³-hybridized carbons (Fsp3) is 0.133. The number of hydrogen-bond donors (Lipinski definition) is 2. The van der Waals surface area contributed by atoms with Gasteiger partial charge in [-0.05, 0) is 29.8 Å². The number of carbonyl (C=O) groups is 1. The summed E-state index contributed by atoms with van der Waals surface area (Å²) in [6, 6.07) is 6.07. The number of carbonyl (C=O) groups excluding carboxylic acids is 1. The second-order valence-electron chi connectivity index (χ2n) is 4.53. The molecule has 1 atom stereocenters. The van der Waals surface area contributed by atoms with Crippen LogP contribution in [0.15, 0.2) is 36.4 Å². The molecular weight excluding hydrogens is 302 g/mol. The summed E-state index contributed by atoms with van der Waals surface area (Å²) >= 11 is 0. The van der Waals surface area contributed by atoms with Gasteiger partial charge in [0.25, 0.3) is 5.91 Å². The van der Waals surface area contributed by atoms with Crippen molar-refractivity contribution in [1.82, 2.24) is 5.32 Å². The molecule has 2 aromatic rings. The van der Waals surface area contributed by atoms with E-state index in [1.54, 1.807) is 0 Å². The highest BCUT2D eigenvalue weighted by molar-refractivity contribution is 5.94. The molecule has 1 unspecified atom stereocenters. The van der Waals surface area contributed by atoms with Gasteiger partial charge < -0.3 is 10.4 Å². The van der Waals surface area contributed by atoms with Gasteiger partial charge in [-0.1, -0.05) is 12.1 Å². The van der Waals surface area contributed by atoms with Crippen LogP contribution in [0.2, 0.25) is 0 Å². The van der Waals surface area contributed by atoms with E-state index in [1.165, 1.54) is 12.1 Å². The maximum Gasteiger partial charge on any atom is 0.251 e. The van der Waals surface area contributed by atoms with Gasteiger partial charge in [-0.2, -0.15) is 0 Å². The Morgan fingerprint density at radius 3 is 2.14 bits per heavy atom. The Labute approximate surface area is 123 Å². The van der Waals surface area contributed by atoms with Crippen molar-refractivity contribution < 1.29 is 27.5 Å². The molecule has 0 fully saturated rings. The van der Waals surface area contributed by atoms with Crippen LogP contribution in [0.5, 0.6) is 0 Å². The van der Waals surface area contributed by atoms with E-state index in [9.17, 15) is 27.5 Å². The van der Waals surface area contributed by atoms with Gasteiger partial charge in [0.2, 0.25) is 0 Å². The predicted octanol–water partition coefficient (Wildman–Crippen LogP) is 2.71. The second kappa shape index (κ2) is 6.57. The third-order valence-corrected chi connectivity index (χ3v) is 2.96. The maximum atomic E-state index is 13.0. The molecule has 0 aliphatic carbocycles. The van der Waals surface area contributed by atoms with Crippen LogP contribution in [0.25, 0.3) is 0 Å². The topological polar surface area (TPSA) is 49.3 Å². The Morgan fingerprint density at radius 1 is 1.05 bits per heavy atom. The van der Waals surface area contributed by atoms with Crippen molar-refractivity contribution in [3.8, 4) is 0 Å². The lowest BCUT2D eigenvalue weighted by Gasteiger charge is -2.12. The molecule has 0 aliphatic rings. The molecule has 22 heavy (non-hydrogen) atoms. The van der Waals surface area contributed by atoms with Crippen molar-refractivity contribution in [3.63, 3.8) is 0 Å². The zero-order chi connectivity index (χ0) is 16.3. The Hall–Kier alpha value is -2.41. The minimum atomic E-state index is -1.66. The summed E-state index contributed by atoms with van der Waals surface area (Å²) in [5.41, 5.74) is -0.0547. The lowest BCUT2D eigenvalue weighted by atomic mass is 10.1. The highest BCUT2D eigenvalue weighted by Crippen LogP contribution is 2.15. The average Bonchev–Trinajstić information content (AvgIpc) is 2.50. The number of amides is 1. The molecule has 0 saturated carbocycles. The zero-order valence-electron chi connectivity index (χ0n) is 11.1. The Balaban J connectivity index is 2.02. The van der Waals surface area contributed by atoms with Gasteiger partial charge in [0.1, 0.15) is 5.82 Å². The van der Waals surface area contributed by atoms with E-state index in [4.69, 9.17) is 0 Å². The largest absolute Gasteiger partial charge is 0.387 e. The van der Waals surface area contributed by atoms with Crippen LogP contribution >= 0.6 is 0 Å². The second-order valence-corrected chi connectivity index (χ2v) is 4.53. The standard InChI is InChI=1S/C15H11F4NO2/c16-10-3-1-8(2-4-10)13(21)7-20-15(22)9-5-11(17)14(19)12(18)6-9/h1-6,13,21H,7H2,(H,20,22). The monoisotopic (exact) mass is 313 g/mol. The smallest absolute Gasteiger partial charge is 0.251 e. The molecule has 2 rings (SSSR count). The number of rotatable bonds is 4. The van der Waals surface area contributed by atoms with Crippen LogP contribution in [-0.2, 0) is 0 Å². The zero-order valence-corrected chi connectivity index (χ0v) is 11.1. The average molecular weight is 313 g/mol. The molecule has 0 aliphatic heterocycles. The molecule has 116 valence electrons. The number of halogens is 4. The van der Waals surface area contributed by atoms with E-state index < -0.39 is 40.8 Å². The third kappa shape index (κ3) is 3.62. The van der Waals surface area contributed by atoms with E-state index in [-0.39, 0.29) is 6.54 Å². The van der Waals surface area contributed by atoms with Crippen LogP contribution < -0.4 is 5.32 Å². The van der Waals surface area contributed by atoms with Gasteiger partial charge >= 0.3 is 0 Å². The van der Waals surface area contributed by atoms with E-state index >= 15 is 0 Å². The Morgan fingerprint density at radius 2 is 1.59 bits per heavy atom. The molecule has 0 spiro atoms. The number of benzene rings is 2. The molecule has 0 radical (unpaired) electrons. The summed E-state index contributed by atoms with van der Waals surface area (Å²) in [7, 11) is 0. The fourth-order valence-corrected chi connectivity index (χ4v) is 1.78. The Bertz CT molecular complexity index is 665. The van der Waals surface area contributed by atoms with Gasteiger partial charge in [0, 0.05) is 12.1 Å². The van der Waals surface area contributed by atoms with Crippen molar-refractivity contribution in [2.24, 2.45) is 0 Å². The first kappa shape index (κ1) is 16.0. The van der Waals surface area contributed by atoms with Crippen molar-refractivity contribution in [1.29, 1.82) is 0 Å². The number of aliphatic hydroxyl groups excluding tert-OH is 1. The van der Waals surface area contributed by atoms with E-state index in [0.29, 0.717) is 17.7 Å². The number of hydrogen-bond acceptors (Lipinski definition) is 2. The highest BCUT2D eigenvalue weighted by atomic mass is 19.2. The SMILES string of the molecule is O=C(NCC(O)c1ccc(F)cc1)c1cc(F)c(F)c(F)c1. The first-order chi connectivity index (χ1) is 10.4. The number of aliphatic hydroxyl groups is 1. The van der Waals surface area contributed by atoms with E-state index in [2.05, 4.69) is 5.32 Å². The maximum absolute atomic E-state index is 13.0. The minimum absolute atomic E-state index is 0.259. The Kier molecular flexibility index (Phi) is 4.77. The lowest BCUT2D eigenvalue weighted by Crippen LogP contribution is -2.28. The van der Waals surface area contributed by atoms with Crippen molar-refractivity contribution in [3.05, 3.63) is 70.8 Å². The molecule has 2 aromatic carbocycles. The first-order valence-corrected chi connectivity index (χ1v) is 6.24. The minimum Gasteiger partial charge on any atom is -0.387 e. The van der Waals surface area contributed by atoms with Crippen LogP contribution in [0.1, 0.15) is 22.0 Å². The first-order valence-electron chi connectivity index (χ1n) is 6.24. The molecule has 3 nitrogen and oxygen atoms in total. The quantitative estimate of drug-likeness (QED) is 0.673. The molecule has 0 bridgehead atoms. The van der Waals surface area contributed by atoms with Crippen LogP contribution in [0, 0.1) is 23.3 Å². The van der Waals surface area contributed by atoms with Gasteiger partial charge in [0.05, 0.1) is 6.10 Å². The summed E-state index contributed by atoms with van der Waals surface area (Å²) in [5, 5.41) is 12.1. The molecule has 0 saturated heterocycles. The molecule has 0 heterocycles. The number of nitrogens with one attached hydrogen (secondary N) is 1. The van der Waals surface area contributed by atoms with Gasteiger partial charge in [-0.15, -0.1) is 0 Å². The normalized spacial score (nSPS) is 12.0. The van der Waals surface area contributed by atoms with E-state index in [0.717, 1.165) is 12.1 Å². The van der Waals surface area contributed by atoms with Crippen LogP contribution in [0.3, 0.4) is 0 Å². The highest BCUT2D eigenvalue weighted by Gasteiger charge is 2.16. The van der Waals surface area contributed by atoms with Gasteiger partial charge in [-0.25, -0.2) is 17.6 Å². The molecule has 7 heteroatoms. The summed E-state index contributed by atoms with van der Waals surface area (Å²) in [6.45, 7) is -0.259. The molecule has 0 aromatic heterocycles. The fourth-order valence-electron chi connectivity index (χ4n) is 1.78. The van der Waals surface area contributed by atoms with Gasteiger partial charge in [0.15, 0.2) is 17.5 Å². The van der Waals surface area contributed by atoms with Gasteiger partial charge in [-0.3, -0.25) is 4.79 Å². The predicted molar refractivity (Wildman–Crippen MR) is 70.0 cm³/mol. The third-order valence-electron chi connectivity index (χ3n) is 2.96. The molecule has 1 amide bonds. The summed E-state index contributed by atoms with van der Waals surface area (Å²) < 4.78 is 51.6. The van der Waals surface area contributed by atoms with Crippen molar-refractivity contribution in [2.45, 2.75) is 6.10 Å². The van der Waals surface area contributed by atoms with Crippen LogP contribution in [-0.4, -0.2) is 17.6 Å². The summed E-state index contributed by atoms with van der Waals surface area (Å²) in [6.07, 6.45) is -1.13. The molecule has 2 N–H and O–H groups in total. The lowest BCUT2D eigenvalue weighted by molar-refractivity contribution is 0.0915. The summed E-state index contributed by atoms with van der Waals surface area (Å²) in [5.74, 6) is -5.98. The summed E-state index contributed by atoms with van der Waals surface area (Å²) in [4.78, 5) is 11.7. The van der Waals surface area contributed by atoms with Crippen molar-refractivity contribution in [2.75, 3.05) is 6.54 Å². The molecular formula is C15H11F4NO2. The van der Waals surface area contributed by atoms with Crippen LogP contribution in [0.4, 0.5) is 17.6 Å². The van der Waals surface area contributed by atoms with E-state index in [1.807, 2.05) is 0 Å². The van der Waals surface area contributed by atoms with Crippen molar-refractivity contribution >= 4 is 5.91 Å².